The van der Waals surface area contributed by atoms with Crippen LogP contribution in [0.1, 0.15) is 32.8 Å². The first-order chi connectivity index (χ1) is 14.5. The zero-order valence-corrected chi connectivity index (χ0v) is 18.0. The first-order valence-electron chi connectivity index (χ1n) is 10.5. The molecule has 2 heterocycles. The van der Waals surface area contributed by atoms with Crippen LogP contribution in [0.3, 0.4) is 0 Å². The molecule has 0 saturated carbocycles. The van der Waals surface area contributed by atoms with Crippen LogP contribution in [-0.4, -0.2) is 12.6 Å². The molecule has 2 aliphatic heterocycles. The van der Waals surface area contributed by atoms with E-state index in [4.69, 9.17) is 9.47 Å². The lowest BCUT2D eigenvalue weighted by molar-refractivity contribution is 0.411. The summed E-state index contributed by atoms with van der Waals surface area (Å²) >= 11 is 0. The molecular formula is C27H27NO2. The van der Waals surface area contributed by atoms with Crippen LogP contribution in [0.25, 0.3) is 22.5 Å². The normalized spacial score (nSPS) is 16.0. The highest BCUT2D eigenvalue weighted by Gasteiger charge is 2.28. The van der Waals surface area contributed by atoms with Gasteiger partial charge in [-0.3, -0.25) is 0 Å². The minimum atomic E-state index is 0.0377. The first-order valence-corrected chi connectivity index (χ1v) is 10.5. The van der Waals surface area contributed by atoms with E-state index in [0.717, 1.165) is 35.7 Å². The van der Waals surface area contributed by atoms with Gasteiger partial charge in [-0.15, -0.1) is 0 Å². The van der Waals surface area contributed by atoms with Gasteiger partial charge < -0.3 is 14.8 Å². The molecule has 0 radical (unpaired) electrons. The molecule has 1 N–H and O–H groups in total. The molecule has 3 aromatic rings. The van der Waals surface area contributed by atoms with Crippen molar-refractivity contribution in [1.82, 2.24) is 0 Å². The second kappa shape index (κ2) is 6.94. The van der Waals surface area contributed by atoms with Gasteiger partial charge in [-0.05, 0) is 51.0 Å². The van der Waals surface area contributed by atoms with Crippen molar-refractivity contribution in [3.63, 3.8) is 0 Å². The molecule has 0 amide bonds. The zero-order valence-electron chi connectivity index (χ0n) is 18.0. The number of fused-ring (bicyclic) bond motifs is 5. The minimum absolute atomic E-state index is 0.0377. The van der Waals surface area contributed by atoms with E-state index >= 15 is 0 Å². The Balaban J connectivity index is 1.86. The van der Waals surface area contributed by atoms with Crippen molar-refractivity contribution in [3.8, 4) is 22.6 Å². The number of nitrogens with one attached hydrogen (secondary N) is 1. The van der Waals surface area contributed by atoms with Crippen LogP contribution >= 0.6 is 0 Å². The lowest BCUT2D eigenvalue weighted by Crippen LogP contribution is -2.45. The van der Waals surface area contributed by atoms with Crippen LogP contribution in [0.15, 0.2) is 60.7 Å². The van der Waals surface area contributed by atoms with Gasteiger partial charge in [0.25, 0.3) is 0 Å². The molecule has 0 unspecified atom stereocenters. The molecule has 0 saturated heterocycles. The molecule has 0 spiro atoms. The molecule has 152 valence electrons. The Kier molecular flexibility index (Phi) is 4.35. The van der Waals surface area contributed by atoms with Crippen LogP contribution in [0.5, 0.6) is 11.5 Å². The lowest BCUT2D eigenvalue weighted by atomic mass is 9.86. The molecular weight excluding hydrogens is 370 g/mol. The first kappa shape index (κ1) is 18.8. The fraction of sp³-hybridized carbons (Fsp3) is 0.259. The third-order valence-corrected chi connectivity index (χ3v) is 6.01. The van der Waals surface area contributed by atoms with Crippen molar-refractivity contribution < 1.29 is 9.47 Å². The Hall–Kier alpha value is -3.20. The highest BCUT2D eigenvalue weighted by molar-refractivity contribution is 5.84. The standard InChI is InChI=1S/C27H27NO2/c1-17-16-27(2,3)28-20-14-13-19-25-21(29-4)11-8-12-22(25)30-23(26(19)24(17)20)15-18-9-6-5-7-10-18/h5-14,28H,15-16H2,1-4H3. The molecule has 3 heteroatoms. The molecule has 0 fully saturated rings. The summed E-state index contributed by atoms with van der Waals surface area (Å²) in [5.41, 5.74) is 6.06. The van der Waals surface area contributed by atoms with E-state index in [0.29, 0.717) is 0 Å². The van der Waals surface area contributed by atoms with Crippen LogP contribution in [0.4, 0.5) is 5.69 Å². The van der Waals surface area contributed by atoms with E-state index in [-0.39, 0.29) is 5.54 Å². The summed E-state index contributed by atoms with van der Waals surface area (Å²) in [5.74, 6) is 2.69. The summed E-state index contributed by atoms with van der Waals surface area (Å²) < 4.78 is 12.3. The summed E-state index contributed by atoms with van der Waals surface area (Å²) in [6.07, 6.45) is 1.74. The van der Waals surface area contributed by atoms with Crippen molar-refractivity contribution in [2.45, 2.75) is 39.2 Å². The van der Waals surface area contributed by atoms with Crippen LogP contribution in [0.2, 0.25) is 0 Å². The van der Waals surface area contributed by atoms with E-state index in [2.05, 4.69) is 68.6 Å². The fourth-order valence-electron chi connectivity index (χ4n) is 4.93. The van der Waals surface area contributed by atoms with Crippen molar-refractivity contribution >= 4 is 17.0 Å². The van der Waals surface area contributed by atoms with Gasteiger partial charge in [-0.2, -0.15) is 0 Å². The average Bonchev–Trinajstić information content (AvgIpc) is 2.72. The Morgan fingerprint density at radius 3 is 2.53 bits per heavy atom. The topological polar surface area (TPSA) is 30.5 Å². The Morgan fingerprint density at radius 2 is 1.77 bits per heavy atom. The third-order valence-electron chi connectivity index (χ3n) is 6.01. The lowest BCUT2D eigenvalue weighted by Gasteiger charge is -2.34. The van der Waals surface area contributed by atoms with E-state index in [1.165, 1.54) is 32.8 Å². The number of methoxy groups -OCH3 is 1. The number of hydrogen-bond acceptors (Lipinski definition) is 3. The maximum atomic E-state index is 6.57. The smallest absolute Gasteiger partial charge is 0.138 e. The molecule has 0 bridgehead atoms. The van der Waals surface area contributed by atoms with Crippen molar-refractivity contribution in [1.29, 1.82) is 0 Å². The maximum absolute atomic E-state index is 6.57. The average molecular weight is 398 g/mol. The van der Waals surface area contributed by atoms with Crippen LogP contribution in [0, 0.1) is 0 Å². The number of benzene rings is 3. The van der Waals surface area contributed by atoms with Crippen molar-refractivity contribution in [3.05, 3.63) is 76.7 Å². The summed E-state index contributed by atoms with van der Waals surface area (Å²) in [5, 5.41) is 6.19. The van der Waals surface area contributed by atoms with Gasteiger partial charge in [0.2, 0.25) is 0 Å². The van der Waals surface area contributed by atoms with Gasteiger partial charge in [0, 0.05) is 33.6 Å². The Labute approximate surface area is 177 Å². The molecule has 0 aliphatic carbocycles. The Bertz CT molecular complexity index is 1260. The highest BCUT2D eigenvalue weighted by Crippen LogP contribution is 2.41. The zero-order chi connectivity index (χ0) is 20.9. The van der Waals surface area contributed by atoms with Crippen molar-refractivity contribution in [2.24, 2.45) is 0 Å². The monoisotopic (exact) mass is 397 g/mol. The SMILES string of the molecule is COc1cccc2c1-c1ccc3c(c1=C(Cc1ccccc1)O2)=C(C)CC(C)(C)N3. The van der Waals surface area contributed by atoms with Crippen molar-refractivity contribution in [2.75, 3.05) is 12.4 Å². The molecule has 0 aromatic heterocycles. The molecule has 30 heavy (non-hydrogen) atoms. The second-order valence-electron chi connectivity index (χ2n) is 8.90. The summed E-state index contributed by atoms with van der Waals surface area (Å²) in [4.78, 5) is 0. The fourth-order valence-corrected chi connectivity index (χ4v) is 4.93. The van der Waals surface area contributed by atoms with E-state index in [1.807, 2.05) is 18.2 Å². The molecule has 3 aromatic carbocycles. The van der Waals surface area contributed by atoms with Gasteiger partial charge in [-0.1, -0.05) is 48.0 Å². The van der Waals surface area contributed by atoms with E-state index < -0.39 is 0 Å². The summed E-state index contributed by atoms with van der Waals surface area (Å²) in [7, 11) is 1.72. The largest absolute Gasteiger partial charge is 0.496 e. The Morgan fingerprint density at radius 1 is 0.967 bits per heavy atom. The number of hydrogen-bond donors (Lipinski definition) is 1. The molecule has 5 rings (SSSR count). The quantitative estimate of drug-likeness (QED) is 0.684. The second-order valence-corrected chi connectivity index (χ2v) is 8.90. The molecule has 0 atom stereocenters. The highest BCUT2D eigenvalue weighted by atomic mass is 16.5. The predicted molar refractivity (Wildman–Crippen MR) is 123 cm³/mol. The van der Waals surface area contributed by atoms with Crippen LogP contribution < -0.4 is 25.2 Å². The van der Waals surface area contributed by atoms with Gasteiger partial charge >= 0.3 is 0 Å². The van der Waals surface area contributed by atoms with Crippen LogP contribution in [-0.2, 0) is 6.42 Å². The number of anilines is 1. The molecule has 2 aliphatic rings. The van der Waals surface area contributed by atoms with E-state index in [1.54, 1.807) is 7.11 Å². The third kappa shape index (κ3) is 3.06. The summed E-state index contributed by atoms with van der Waals surface area (Å²) in [6, 6.07) is 21.0. The maximum Gasteiger partial charge on any atom is 0.138 e. The van der Waals surface area contributed by atoms with E-state index in [9.17, 15) is 0 Å². The number of ether oxygens (including phenoxy) is 2. The minimum Gasteiger partial charge on any atom is -0.496 e. The van der Waals surface area contributed by atoms with Gasteiger partial charge in [-0.25, -0.2) is 0 Å². The number of rotatable bonds is 3. The van der Waals surface area contributed by atoms with Gasteiger partial charge in [0.15, 0.2) is 0 Å². The van der Waals surface area contributed by atoms with Gasteiger partial charge in [0.05, 0.1) is 12.7 Å². The summed E-state index contributed by atoms with van der Waals surface area (Å²) in [6.45, 7) is 6.75. The van der Waals surface area contributed by atoms with Gasteiger partial charge in [0.1, 0.15) is 17.3 Å². The molecule has 3 nitrogen and oxygen atoms in total. The predicted octanol–water partition coefficient (Wildman–Crippen LogP) is 4.87.